The summed E-state index contributed by atoms with van der Waals surface area (Å²) in [5.74, 6) is 0.0938. The van der Waals surface area contributed by atoms with Gasteiger partial charge in [-0.15, -0.1) is 5.10 Å². The Morgan fingerprint density at radius 1 is 1.53 bits per heavy atom. The van der Waals surface area contributed by atoms with Gasteiger partial charge in [0.2, 0.25) is 5.91 Å². The largest absolute Gasteiger partial charge is 0.337 e. The summed E-state index contributed by atoms with van der Waals surface area (Å²) in [5.41, 5.74) is 6.18. The van der Waals surface area contributed by atoms with Crippen LogP contribution in [0.5, 0.6) is 0 Å². The molecule has 2 N–H and O–H groups in total. The third-order valence-corrected chi connectivity index (χ3v) is 3.46. The molecule has 1 aromatic rings. The van der Waals surface area contributed by atoms with Crippen LogP contribution in [-0.4, -0.2) is 63.4 Å². The lowest BCUT2D eigenvalue weighted by Gasteiger charge is -2.27. The number of hydrogen-bond acceptors (Lipinski definition) is 5. The number of carbonyl (C=O) groups is 1. The Morgan fingerprint density at radius 2 is 2.32 bits per heavy atom. The van der Waals surface area contributed by atoms with E-state index in [1.165, 1.54) is 0 Å². The number of hydrogen-bond donors (Lipinski definition) is 1. The molecule has 0 bridgehead atoms. The topological polar surface area (TPSA) is 80.3 Å². The highest BCUT2D eigenvalue weighted by Crippen LogP contribution is 2.09. The minimum Gasteiger partial charge on any atom is -0.337 e. The summed E-state index contributed by atoms with van der Waals surface area (Å²) >= 11 is 0. The van der Waals surface area contributed by atoms with Gasteiger partial charge in [0.25, 0.3) is 0 Å². The minimum absolute atomic E-state index is 0.0938. The molecular weight excluding hydrogens is 244 g/mol. The van der Waals surface area contributed by atoms with Gasteiger partial charge in [0.15, 0.2) is 0 Å². The number of amides is 1. The van der Waals surface area contributed by atoms with Gasteiger partial charge in [0.05, 0.1) is 11.9 Å². The minimum atomic E-state index is 0.0938. The zero-order valence-corrected chi connectivity index (χ0v) is 11.6. The van der Waals surface area contributed by atoms with Gasteiger partial charge in [0.1, 0.15) is 6.54 Å². The van der Waals surface area contributed by atoms with Gasteiger partial charge >= 0.3 is 0 Å². The Morgan fingerprint density at radius 3 is 3.00 bits per heavy atom. The molecule has 0 saturated carbocycles. The maximum absolute atomic E-state index is 12.3. The number of rotatable bonds is 3. The molecule has 7 heteroatoms. The highest BCUT2D eigenvalue weighted by Gasteiger charge is 2.24. The van der Waals surface area contributed by atoms with E-state index in [4.69, 9.17) is 5.73 Å². The molecule has 1 aliphatic heterocycles. The molecule has 2 heterocycles. The number of aromatic nitrogens is 3. The second-order valence-corrected chi connectivity index (χ2v) is 5.16. The van der Waals surface area contributed by atoms with E-state index < -0.39 is 0 Å². The molecule has 0 aromatic carbocycles. The number of likely N-dealkylation sites (N-methyl/N-ethyl adjacent to an activating group) is 1. The molecule has 1 saturated heterocycles. The second-order valence-electron chi connectivity index (χ2n) is 5.16. The highest BCUT2D eigenvalue weighted by molar-refractivity contribution is 5.76. The maximum Gasteiger partial charge on any atom is 0.244 e. The first-order valence-corrected chi connectivity index (χ1v) is 6.67. The molecule has 1 aliphatic rings. The van der Waals surface area contributed by atoms with Crippen LogP contribution in [0.3, 0.4) is 0 Å². The molecule has 19 heavy (non-hydrogen) atoms. The van der Waals surface area contributed by atoms with Crippen molar-refractivity contribution in [3.05, 3.63) is 11.9 Å². The summed E-state index contributed by atoms with van der Waals surface area (Å²) in [6.07, 6.45) is 2.74. The first-order chi connectivity index (χ1) is 9.10. The monoisotopic (exact) mass is 266 g/mol. The lowest BCUT2D eigenvalue weighted by molar-refractivity contribution is -0.133. The van der Waals surface area contributed by atoms with Crippen molar-refractivity contribution in [3.63, 3.8) is 0 Å². The highest BCUT2D eigenvalue weighted by atomic mass is 16.2. The van der Waals surface area contributed by atoms with E-state index in [2.05, 4.69) is 29.2 Å². The van der Waals surface area contributed by atoms with Crippen LogP contribution in [0.25, 0.3) is 0 Å². The van der Waals surface area contributed by atoms with E-state index in [9.17, 15) is 4.79 Å². The van der Waals surface area contributed by atoms with Crippen molar-refractivity contribution in [2.75, 3.05) is 26.7 Å². The van der Waals surface area contributed by atoms with Crippen LogP contribution in [-0.2, 0) is 17.9 Å². The maximum atomic E-state index is 12.3. The van der Waals surface area contributed by atoms with E-state index in [1.54, 1.807) is 10.9 Å². The van der Waals surface area contributed by atoms with Gasteiger partial charge in [0, 0.05) is 25.7 Å². The standard InChI is InChI=1S/C12H22N6O/c1-10-7-16(2)4-3-5-18(10)12(19)9-17-8-11(6-13)14-15-17/h8,10H,3-7,9,13H2,1-2H3. The molecule has 1 atom stereocenters. The molecule has 0 aliphatic carbocycles. The van der Waals surface area contributed by atoms with E-state index in [-0.39, 0.29) is 18.5 Å². The van der Waals surface area contributed by atoms with Crippen molar-refractivity contribution in [3.8, 4) is 0 Å². The predicted molar refractivity (Wildman–Crippen MR) is 71.2 cm³/mol. The summed E-state index contributed by atoms with van der Waals surface area (Å²) in [6, 6.07) is 0.234. The van der Waals surface area contributed by atoms with Gasteiger partial charge in [-0.05, 0) is 26.9 Å². The Hall–Kier alpha value is -1.47. The molecular formula is C12H22N6O. The summed E-state index contributed by atoms with van der Waals surface area (Å²) in [4.78, 5) is 16.5. The predicted octanol–water partition coefficient (Wildman–Crippen LogP) is -0.711. The molecule has 7 nitrogen and oxygen atoms in total. The Balaban J connectivity index is 1.98. The van der Waals surface area contributed by atoms with Gasteiger partial charge < -0.3 is 15.5 Å². The zero-order valence-electron chi connectivity index (χ0n) is 11.6. The number of carbonyl (C=O) groups excluding carboxylic acids is 1. The fourth-order valence-electron chi connectivity index (χ4n) is 2.48. The van der Waals surface area contributed by atoms with Crippen LogP contribution in [0.1, 0.15) is 19.0 Å². The van der Waals surface area contributed by atoms with Gasteiger partial charge in [-0.2, -0.15) is 0 Å². The van der Waals surface area contributed by atoms with E-state index >= 15 is 0 Å². The lowest BCUT2D eigenvalue weighted by atomic mass is 10.2. The fraction of sp³-hybridized carbons (Fsp3) is 0.750. The summed E-state index contributed by atoms with van der Waals surface area (Å²) in [5, 5.41) is 7.81. The van der Waals surface area contributed by atoms with Gasteiger partial charge in [-0.25, -0.2) is 4.68 Å². The molecule has 1 fully saturated rings. The summed E-state index contributed by atoms with van der Waals surface area (Å²) < 4.78 is 1.56. The first-order valence-electron chi connectivity index (χ1n) is 6.67. The van der Waals surface area contributed by atoms with Crippen LogP contribution in [0.2, 0.25) is 0 Å². The van der Waals surface area contributed by atoms with E-state index in [0.29, 0.717) is 12.2 Å². The third-order valence-electron chi connectivity index (χ3n) is 3.46. The Bertz CT molecular complexity index is 432. The second kappa shape index (κ2) is 6.12. The Labute approximate surface area is 113 Å². The molecule has 1 unspecified atom stereocenters. The molecule has 0 radical (unpaired) electrons. The van der Waals surface area contributed by atoms with Crippen LogP contribution in [0.4, 0.5) is 0 Å². The fourth-order valence-corrected chi connectivity index (χ4v) is 2.48. The molecule has 106 valence electrons. The average Bonchev–Trinajstić information content (AvgIpc) is 2.74. The van der Waals surface area contributed by atoms with Crippen LogP contribution in [0.15, 0.2) is 6.20 Å². The molecule has 1 amide bonds. The van der Waals surface area contributed by atoms with E-state index in [0.717, 1.165) is 26.1 Å². The van der Waals surface area contributed by atoms with Crippen molar-refractivity contribution in [2.45, 2.75) is 32.5 Å². The number of nitrogens with two attached hydrogens (primary N) is 1. The van der Waals surface area contributed by atoms with Crippen LogP contribution < -0.4 is 5.73 Å². The third kappa shape index (κ3) is 3.51. The van der Waals surface area contributed by atoms with E-state index in [1.807, 2.05) is 4.90 Å². The van der Waals surface area contributed by atoms with Crippen LogP contribution in [0, 0.1) is 0 Å². The smallest absolute Gasteiger partial charge is 0.244 e. The van der Waals surface area contributed by atoms with Crippen molar-refractivity contribution in [2.24, 2.45) is 5.73 Å². The summed E-state index contributed by atoms with van der Waals surface area (Å²) in [7, 11) is 2.09. The van der Waals surface area contributed by atoms with Gasteiger partial charge in [-0.3, -0.25) is 4.79 Å². The summed E-state index contributed by atoms with van der Waals surface area (Å²) in [6.45, 7) is 5.43. The SMILES string of the molecule is CC1CN(C)CCCN1C(=O)Cn1cc(CN)nn1. The molecule has 1 aromatic heterocycles. The molecule has 0 spiro atoms. The number of nitrogens with zero attached hydrogens (tertiary/aromatic N) is 5. The normalized spacial score (nSPS) is 21.4. The van der Waals surface area contributed by atoms with Crippen molar-refractivity contribution >= 4 is 5.91 Å². The first kappa shape index (κ1) is 14.0. The Kier molecular flexibility index (Phi) is 4.49. The average molecular weight is 266 g/mol. The van der Waals surface area contributed by atoms with Gasteiger partial charge in [-0.1, -0.05) is 5.21 Å². The zero-order chi connectivity index (χ0) is 13.8. The lowest BCUT2D eigenvalue weighted by Crippen LogP contribution is -2.43. The molecule has 2 rings (SSSR count). The van der Waals surface area contributed by atoms with Crippen molar-refractivity contribution in [1.29, 1.82) is 0 Å². The van der Waals surface area contributed by atoms with Crippen LogP contribution >= 0.6 is 0 Å². The quantitative estimate of drug-likeness (QED) is 0.781. The van der Waals surface area contributed by atoms with Crippen molar-refractivity contribution in [1.82, 2.24) is 24.8 Å². The van der Waals surface area contributed by atoms with Crippen molar-refractivity contribution < 1.29 is 4.79 Å².